The minimum Gasteiger partial charge on any atom is -0.358 e. The van der Waals surface area contributed by atoms with Gasteiger partial charge in [0, 0.05) is 22.0 Å². The van der Waals surface area contributed by atoms with E-state index in [1.807, 2.05) is 11.8 Å². The van der Waals surface area contributed by atoms with Crippen LogP contribution in [0.3, 0.4) is 0 Å². The minimum absolute atomic E-state index is 0.285. The molecule has 1 heterocycles. The van der Waals surface area contributed by atoms with E-state index in [1.165, 1.54) is 27.6 Å². The maximum Gasteiger partial charge on any atom is 0.0569 e. The summed E-state index contributed by atoms with van der Waals surface area (Å²) in [6, 6.07) is 9.09. The maximum atomic E-state index is 4.90. The molecule has 1 aromatic rings. The number of aryl methyl sites for hydroxylation is 1. The number of hydrogen-bond donors (Lipinski definition) is 1. The quantitative estimate of drug-likeness (QED) is 0.829. The number of benzene rings is 1. The number of aliphatic imine (C=N–C) groups is 1. The molecule has 1 aliphatic carbocycles. The number of rotatable bonds is 2. The minimum atomic E-state index is 0.285. The van der Waals surface area contributed by atoms with Gasteiger partial charge in [0.1, 0.15) is 0 Å². The van der Waals surface area contributed by atoms with E-state index in [0.717, 1.165) is 18.6 Å². The molecular formula is C18H24N2S. The Labute approximate surface area is 132 Å². The number of thioether (sulfide) groups is 1. The van der Waals surface area contributed by atoms with Crippen molar-refractivity contribution >= 4 is 23.2 Å². The van der Waals surface area contributed by atoms with Crippen LogP contribution in [0.25, 0.3) is 0 Å². The van der Waals surface area contributed by atoms with Gasteiger partial charge in [-0.1, -0.05) is 31.5 Å². The van der Waals surface area contributed by atoms with Crippen LogP contribution in [0.2, 0.25) is 0 Å². The molecule has 2 nitrogen and oxygen atoms in total. The van der Waals surface area contributed by atoms with Crippen molar-refractivity contribution in [2.24, 2.45) is 10.4 Å². The van der Waals surface area contributed by atoms with Crippen LogP contribution < -0.4 is 5.32 Å². The Kier molecular flexibility index (Phi) is 3.87. The van der Waals surface area contributed by atoms with Gasteiger partial charge in [0.05, 0.1) is 11.8 Å². The van der Waals surface area contributed by atoms with Crippen LogP contribution in [-0.2, 0) is 0 Å². The lowest BCUT2D eigenvalue weighted by molar-refractivity contribution is 0.372. The van der Waals surface area contributed by atoms with Crippen LogP contribution in [0.4, 0.5) is 5.69 Å². The van der Waals surface area contributed by atoms with Gasteiger partial charge in [-0.3, -0.25) is 4.99 Å². The van der Waals surface area contributed by atoms with Gasteiger partial charge < -0.3 is 5.32 Å². The van der Waals surface area contributed by atoms with Crippen molar-refractivity contribution in [3.05, 3.63) is 40.4 Å². The molecule has 0 bridgehead atoms. The van der Waals surface area contributed by atoms with Crippen LogP contribution in [0.5, 0.6) is 0 Å². The first-order chi connectivity index (χ1) is 9.93. The Hall–Kier alpha value is -1.22. The Bertz CT molecular complexity index is 596. The first-order valence-electron chi connectivity index (χ1n) is 7.70. The van der Waals surface area contributed by atoms with E-state index in [4.69, 9.17) is 4.99 Å². The summed E-state index contributed by atoms with van der Waals surface area (Å²) in [6.45, 7) is 9.02. The van der Waals surface area contributed by atoms with Gasteiger partial charge in [-0.15, -0.1) is 11.8 Å². The van der Waals surface area contributed by atoms with E-state index in [1.54, 1.807) is 0 Å². The van der Waals surface area contributed by atoms with Crippen molar-refractivity contribution in [1.82, 2.24) is 0 Å². The highest BCUT2D eigenvalue weighted by Crippen LogP contribution is 2.43. The summed E-state index contributed by atoms with van der Waals surface area (Å²) in [6.07, 6.45) is 2.19. The van der Waals surface area contributed by atoms with Crippen molar-refractivity contribution in [3.63, 3.8) is 0 Å². The molecule has 112 valence electrons. The molecule has 1 N–H and O–H groups in total. The van der Waals surface area contributed by atoms with Crippen molar-refractivity contribution in [1.29, 1.82) is 0 Å². The van der Waals surface area contributed by atoms with Crippen LogP contribution >= 0.6 is 11.8 Å². The molecule has 0 saturated carbocycles. The molecule has 0 fully saturated rings. The zero-order chi connectivity index (χ0) is 15.0. The Balaban J connectivity index is 1.94. The van der Waals surface area contributed by atoms with Crippen LogP contribution in [0.1, 0.15) is 39.2 Å². The molecule has 1 unspecified atom stereocenters. The summed E-state index contributed by atoms with van der Waals surface area (Å²) in [5.74, 6) is 1.10. The van der Waals surface area contributed by atoms with E-state index in [0.29, 0.717) is 6.04 Å². The number of hydrogen-bond acceptors (Lipinski definition) is 3. The second-order valence-electron chi connectivity index (χ2n) is 7.05. The fraction of sp³-hybridized carbons (Fsp3) is 0.500. The number of nitrogens with zero attached hydrogens (tertiary/aromatic N) is 1. The molecule has 0 radical (unpaired) electrons. The molecule has 0 amide bonds. The van der Waals surface area contributed by atoms with Crippen LogP contribution in [-0.4, -0.2) is 17.5 Å². The average molecular weight is 300 g/mol. The van der Waals surface area contributed by atoms with Crippen molar-refractivity contribution < 1.29 is 0 Å². The monoisotopic (exact) mass is 300 g/mol. The third-order valence-electron chi connectivity index (χ3n) is 4.03. The normalized spacial score (nSPS) is 24.4. The first-order valence-corrected chi connectivity index (χ1v) is 8.68. The Morgan fingerprint density at radius 3 is 2.62 bits per heavy atom. The molecule has 2 aliphatic rings. The molecular weight excluding hydrogens is 276 g/mol. The predicted molar refractivity (Wildman–Crippen MR) is 94.2 cm³/mol. The van der Waals surface area contributed by atoms with Crippen LogP contribution in [0, 0.1) is 12.3 Å². The molecule has 21 heavy (non-hydrogen) atoms. The zero-order valence-corrected chi connectivity index (χ0v) is 14.2. The highest BCUT2D eigenvalue weighted by atomic mass is 32.2. The molecule has 0 saturated heterocycles. The van der Waals surface area contributed by atoms with Crippen LogP contribution in [0.15, 0.2) is 39.9 Å². The topological polar surface area (TPSA) is 24.4 Å². The Morgan fingerprint density at radius 2 is 1.90 bits per heavy atom. The number of fused-ring (bicyclic) bond motifs is 1. The summed E-state index contributed by atoms with van der Waals surface area (Å²) in [7, 11) is 0. The lowest BCUT2D eigenvalue weighted by Gasteiger charge is -2.36. The summed E-state index contributed by atoms with van der Waals surface area (Å²) in [5.41, 5.74) is 5.42. The standard InChI is InChI=1S/C18H24N2S/c1-12-5-7-14(8-6-12)20-16-10-18(3,4)9-15-17(16)21-11-13(2)19-15/h5-8,13,20H,9-11H2,1-4H3. The molecule has 1 aromatic carbocycles. The highest BCUT2D eigenvalue weighted by molar-refractivity contribution is 8.04. The zero-order valence-electron chi connectivity index (χ0n) is 13.4. The lowest BCUT2D eigenvalue weighted by atomic mass is 9.78. The number of allylic oxidation sites excluding steroid dienone is 2. The summed E-state index contributed by atoms with van der Waals surface area (Å²) in [4.78, 5) is 6.30. The van der Waals surface area contributed by atoms with Crippen molar-refractivity contribution in [3.8, 4) is 0 Å². The third-order valence-corrected chi connectivity index (χ3v) is 5.45. The average Bonchev–Trinajstić information content (AvgIpc) is 2.39. The van der Waals surface area contributed by atoms with Gasteiger partial charge in [-0.05, 0) is 44.2 Å². The molecule has 1 aliphatic heterocycles. The summed E-state index contributed by atoms with van der Waals surface area (Å²) >= 11 is 1.97. The largest absolute Gasteiger partial charge is 0.358 e. The van der Waals surface area contributed by atoms with E-state index >= 15 is 0 Å². The van der Waals surface area contributed by atoms with E-state index in [2.05, 4.69) is 57.3 Å². The van der Waals surface area contributed by atoms with Gasteiger partial charge in [-0.2, -0.15) is 0 Å². The van der Waals surface area contributed by atoms with Gasteiger partial charge in [0.25, 0.3) is 0 Å². The Morgan fingerprint density at radius 1 is 1.19 bits per heavy atom. The fourth-order valence-corrected chi connectivity index (χ4v) is 4.09. The van der Waals surface area contributed by atoms with E-state index in [9.17, 15) is 0 Å². The molecule has 3 rings (SSSR count). The predicted octanol–water partition coefficient (Wildman–Crippen LogP) is 5.01. The molecule has 1 atom stereocenters. The summed E-state index contributed by atoms with van der Waals surface area (Å²) < 4.78 is 0. The molecule has 3 heteroatoms. The first kappa shape index (κ1) is 14.7. The highest BCUT2D eigenvalue weighted by Gasteiger charge is 2.33. The fourth-order valence-electron chi connectivity index (χ4n) is 3.02. The third kappa shape index (κ3) is 3.34. The molecule has 0 spiro atoms. The van der Waals surface area contributed by atoms with E-state index < -0.39 is 0 Å². The number of anilines is 1. The van der Waals surface area contributed by atoms with Crippen molar-refractivity contribution in [2.45, 2.75) is 46.6 Å². The van der Waals surface area contributed by atoms with Gasteiger partial charge in [-0.25, -0.2) is 0 Å². The van der Waals surface area contributed by atoms with Gasteiger partial charge >= 0.3 is 0 Å². The van der Waals surface area contributed by atoms with Crippen molar-refractivity contribution in [2.75, 3.05) is 11.1 Å². The SMILES string of the molecule is Cc1ccc(NC2=C3SCC(C)N=C3CC(C)(C)C2)cc1. The summed E-state index contributed by atoms with van der Waals surface area (Å²) in [5, 5.41) is 3.66. The van der Waals surface area contributed by atoms with Gasteiger partial charge in [0.15, 0.2) is 0 Å². The van der Waals surface area contributed by atoms with Gasteiger partial charge in [0.2, 0.25) is 0 Å². The second-order valence-corrected chi connectivity index (χ2v) is 8.08. The van der Waals surface area contributed by atoms with E-state index in [-0.39, 0.29) is 5.41 Å². The second kappa shape index (κ2) is 5.53. The lowest BCUT2D eigenvalue weighted by Crippen LogP contribution is -2.31. The smallest absolute Gasteiger partial charge is 0.0569 e. The number of nitrogens with one attached hydrogen (secondary N) is 1. The molecule has 0 aromatic heterocycles. The maximum absolute atomic E-state index is 4.90.